The summed E-state index contributed by atoms with van der Waals surface area (Å²) >= 11 is 0. The second-order valence-electron chi connectivity index (χ2n) is 3.65. The van der Waals surface area contributed by atoms with Crippen LogP contribution in [0.3, 0.4) is 0 Å². The molecular formula is C9H15N3O2. The number of rotatable bonds is 5. The van der Waals surface area contributed by atoms with Gasteiger partial charge < -0.3 is 15.0 Å². The van der Waals surface area contributed by atoms with Crippen LogP contribution in [0, 0.1) is 0 Å². The van der Waals surface area contributed by atoms with E-state index in [1.807, 2.05) is 0 Å². The minimum atomic E-state index is -0.199. The third-order valence-corrected chi connectivity index (χ3v) is 2.35. The maximum atomic E-state index is 5.84. The van der Waals surface area contributed by atoms with Crippen LogP contribution in [0.15, 0.2) is 4.52 Å². The highest BCUT2D eigenvalue weighted by Crippen LogP contribution is 2.38. The lowest BCUT2D eigenvalue weighted by Crippen LogP contribution is -2.13. The van der Waals surface area contributed by atoms with E-state index in [4.69, 9.17) is 15.0 Å². The highest BCUT2D eigenvalue weighted by molar-refractivity contribution is 5.04. The predicted molar refractivity (Wildman–Crippen MR) is 49.7 cm³/mol. The van der Waals surface area contributed by atoms with Gasteiger partial charge in [-0.25, -0.2) is 0 Å². The maximum absolute atomic E-state index is 5.84. The summed E-state index contributed by atoms with van der Waals surface area (Å²) in [6.07, 6.45) is 3.06. The Hall–Kier alpha value is -0.940. The Labute approximate surface area is 82.6 Å². The third kappa shape index (κ3) is 2.10. The molecular weight excluding hydrogens is 182 g/mol. The molecule has 2 N–H and O–H groups in total. The zero-order valence-corrected chi connectivity index (χ0v) is 8.27. The number of hydrogen-bond acceptors (Lipinski definition) is 5. The molecule has 0 saturated heterocycles. The molecule has 78 valence electrons. The monoisotopic (exact) mass is 197 g/mol. The van der Waals surface area contributed by atoms with Gasteiger partial charge in [-0.05, 0) is 19.3 Å². The minimum Gasteiger partial charge on any atom is -0.385 e. The normalized spacial score (nSPS) is 18.4. The summed E-state index contributed by atoms with van der Waals surface area (Å²) in [6, 6.07) is -0.199. The summed E-state index contributed by atoms with van der Waals surface area (Å²) < 4.78 is 10.0. The van der Waals surface area contributed by atoms with Crippen molar-refractivity contribution in [2.24, 2.45) is 5.73 Å². The van der Waals surface area contributed by atoms with E-state index in [1.165, 1.54) is 12.8 Å². The van der Waals surface area contributed by atoms with Gasteiger partial charge in [-0.15, -0.1) is 0 Å². The lowest BCUT2D eigenvalue weighted by atomic mass is 10.2. The Bertz CT molecular complexity index is 296. The first-order valence-electron chi connectivity index (χ1n) is 4.89. The van der Waals surface area contributed by atoms with Crippen LogP contribution in [0.25, 0.3) is 0 Å². The van der Waals surface area contributed by atoms with Crippen LogP contribution < -0.4 is 5.73 Å². The van der Waals surface area contributed by atoms with Gasteiger partial charge in [-0.3, -0.25) is 0 Å². The fraction of sp³-hybridized carbons (Fsp3) is 0.778. The van der Waals surface area contributed by atoms with Gasteiger partial charge in [-0.1, -0.05) is 5.16 Å². The van der Waals surface area contributed by atoms with E-state index in [1.54, 1.807) is 7.11 Å². The van der Waals surface area contributed by atoms with Gasteiger partial charge in [0.25, 0.3) is 0 Å². The number of hydrogen-bond donors (Lipinski definition) is 1. The lowest BCUT2D eigenvalue weighted by molar-refractivity contribution is 0.182. The highest BCUT2D eigenvalue weighted by Gasteiger charge is 2.29. The van der Waals surface area contributed by atoms with Crippen molar-refractivity contribution in [3.63, 3.8) is 0 Å². The van der Waals surface area contributed by atoms with Crippen LogP contribution >= 0.6 is 0 Å². The van der Waals surface area contributed by atoms with Gasteiger partial charge in [-0.2, -0.15) is 4.98 Å². The molecule has 1 fully saturated rings. The molecule has 5 heteroatoms. The Morgan fingerprint density at radius 1 is 1.64 bits per heavy atom. The van der Waals surface area contributed by atoms with Gasteiger partial charge in [0.05, 0.1) is 6.04 Å². The average molecular weight is 197 g/mol. The Morgan fingerprint density at radius 2 is 2.43 bits per heavy atom. The fourth-order valence-corrected chi connectivity index (χ4v) is 1.27. The molecule has 0 aliphatic heterocycles. The molecule has 5 nitrogen and oxygen atoms in total. The van der Waals surface area contributed by atoms with Crippen LogP contribution in [-0.4, -0.2) is 23.9 Å². The van der Waals surface area contributed by atoms with Gasteiger partial charge >= 0.3 is 0 Å². The molecule has 1 aromatic heterocycles. The highest BCUT2D eigenvalue weighted by atomic mass is 16.5. The number of ether oxygens (including phenoxy) is 1. The van der Waals surface area contributed by atoms with Crippen molar-refractivity contribution < 1.29 is 9.26 Å². The van der Waals surface area contributed by atoms with Crippen LogP contribution in [0.1, 0.15) is 42.9 Å². The smallest absolute Gasteiger partial charge is 0.243 e. The zero-order valence-electron chi connectivity index (χ0n) is 8.27. The molecule has 0 bridgehead atoms. The Balaban J connectivity index is 1.93. The van der Waals surface area contributed by atoms with E-state index in [9.17, 15) is 0 Å². The van der Waals surface area contributed by atoms with E-state index in [0.717, 1.165) is 5.82 Å². The first-order chi connectivity index (χ1) is 6.81. The second-order valence-corrected chi connectivity index (χ2v) is 3.65. The number of nitrogens with two attached hydrogens (primary N) is 1. The van der Waals surface area contributed by atoms with Crippen molar-refractivity contribution in [2.45, 2.75) is 31.2 Å². The molecule has 14 heavy (non-hydrogen) atoms. The number of methoxy groups -OCH3 is 1. The van der Waals surface area contributed by atoms with Crippen molar-refractivity contribution in [2.75, 3.05) is 13.7 Å². The average Bonchev–Trinajstić information content (AvgIpc) is 2.93. The van der Waals surface area contributed by atoms with Crippen LogP contribution in [0.2, 0.25) is 0 Å². The largest absolute Gasteiger partial charge is 0.385 e. The van der Waals surface area contributed by atoms with E-state index < -0.39 is 0 Å². The molecule has 0 spiro atoms. The van der Waals surface area contributed by atoms with Gasteiger partial charge in [0, 0.05) is 19.6 Å². The topological polar surface area (TPSA) is 74.2 Å². The minimum absolute atomic E-state index is 0.199. The predicted octanol–water partition coefficient (Wildman–Crippen LogP) is 0.983. The molecule has 0 aromatic carbocycles. The molecule has 0 radical (unpaired) electrons. The first kappa shape index (κ1) is 9.61. The van der Waals surface area contributed by atoms with Crippen molar-refractivity contribution in [1.29, 1.82) is 0 Å². The third-order valence-electron chi connectivity index (χ3n) is 2.35. The molecule has 0 amide bonds. The molecule has 1 saturated carbocycles. The molecule has 1 aliphatic rings. The van der Waals surface area contributed by atoms with Crippen molar-refractivity contribution >= 4 is 0 Å². The molecule has 1 unspecified atom stereocenters. The van der Waals surface area contributed by atoms with E-state index in [-0.39, 0.29) is 6.04 Å². The van der Waals surface area contributed by atoms with Crippen LogP contribution in [0.5, 0.6) is 0 Å². The van der Waals surface area contributed by atoms with Gasteiger partial charge in [0.1, 0.15) is 0 Å². The standard InChI is InChI=1S/C9H15N3O2/c1-13-5-4-7(10)9-11-8(12-14-9)6-2-3-6/h6-7H,2-5,10H2,1H3. The lowest BCUT2D eigenvalue weighted by Gasteiger charge is -2.04. The fourth-order valence-electron chi connectivity index (χ4n) is 1.27. The van der Waals surface area contributed by atoms with Crippen molar-refractivity contribution in [3.8, 4) is 0 Å². The van der Waals surface area contributed by atoms with E-state index >= 15 is 0 Å². The number of aromatic nitrogens is 2. The summed E-state index contributed by atoms with van der Waals surface area (Å²) in [6.45, 7) is 0.613. The SMILES string of the molecule is COCCC(N)c1nc(C2CC2)no1. The molecule has 1 heterocycles. The van der Waals surface area contributed by atoms with E-state index in [2.05, 4.69) is 10.1 Å². The van der Waals surface area contributed by atoms with E-state index in [0.29, 0.717) is 24.8 Å². The zero-order chi connectivity index (χ0) is 9.97. The summed E-state index contributed by atoms with van der Waals surface area (Å²) in [5.41, 5.74) is 5.84. The van der Waals surface area contributed by atoms with Gasteiger partial charge in [0.2, 0.25) is 5.89 Å². The van der Waals surface area contributed by atoms with Crippen molar-refractivity contribution in [1.82, 2.24) is 10.1 Å². The molecule has 2 rings (SSSR count). The Kier molecular flexibility index (Phi) is 2.79. The maximum Gasteiger partial charge on any atom is 0.243 e. The summed E-state index contributed by atoms with van der Waals surface area (Å²) in [5, 5.41) is 3.90. The van der Waals surface area contributed by atoms with Crippen molar-refractivity contribution in [3.05, 3.63) is 11.7 Å². The second kappa shape index (κ2) is 4.06. The van der Waals surface area contributed by atoms with Gasteiger partial charge in [0.15, 0.2) is 5.82 Å². The Morgan fingerprint density at radius 3 is 3.07 bits per heavy atom. The first-order valence-corrected chi connectivity index (χ1v) is 4.89. The number of nitrogens with zero attached hydrogens (tertiary/aromatic N) is 2. The summed E-state index contributed by atoms with van der Waals surface area (Å²) in [5.74, 6) is 1.86. The van der Waals surface area contributed by atoms with Crippen LogP contribution in [0.4, 0.5) is 0 Å². The quantitative estimate of drug-likeness (QED) is 0.761. The summed E-state index contributed by atoms with van der Waals surface area (Å²) in [4.78, 5) is 4.27. The molecule has 1 aliphatic carbocycles. The summed E-state index contributed by atoms with van der Waals surface area (Å²) in [7, 11) is 1.65. The molecule has 1 aromatic rings. The van der Waals surface area contributed by atoms with Crippen LogP contribution in [-0.2, 0) is 4.74 Å². The molecule has 1 atom stereocenters.